The molecule has 1 aromatic heterocycles. The standard InChI is InChI=1S/C34H33N3O3/c1-40-34(39)31(21-28-22-35-30-20-12-11-19-29(28)30)36-33(38)32(27-17-9-4-10-18-27)37(23-25-13-5-2-6-14-25)24-26-15-7-3-8-16-26/h2-20,22,31-32,35H,21,23-24H2,1H3,(H,36,38)/t31-,32+/m0/s1. The minimum Gasteiger partial charge on any atom is -0.467 e. The largest absolute Gasteiger partial charge is 0.467 e. The van der Waals surface area contributed by atoms with Crippen molar-refractivity contribution in [2.75, 3.05) is 7.11 Å². The summed E-state index contributed by atoms with van der Waals surface area (Å²) in [7, 11) is 1.35. The number of methoxy groups -OCH3 is 1. The predicted molar refractivity (Wildman–Crippen MR) is 157 cm³/mol. The number of amides is 1. The maximum Gasteiger partial charge on any atom is 0.328 e. The van der Waals surface area contributed by atoms with Crippen molar-refractivity contribution in [2.24, 2.45) is 0 Å². The van der Waals surface area contributed by atoms with Crippen LogP contribution in [0.1, 0.15) is 28.3 Å². The van der Waals surface area contributed by atoms with E-state index in [1.54, 1.807) is 0 Å². The summed E-state index contributed by atoms with van der Waals surface area (Å²) in [5.41, 5.74) is 4.95. The minimum absolute atomic E-state index is 0.256. The number of ether oxygens (including phenoxy) is 1. The van der Waals surface area contributed by atoms with Gasteiger partial charge in [0.2, 0.25) is 5.91 Å². The first-order valence-electron chi connectivity index (χ1n) is 13.4. The highest BCUT2D eigenvalue weighted by Gasteiger charge is 2.32. The second-order valence-electron chi connectivity index (χ2n) is 9.84. The smallest absolute Gasteiger partial charge is 0.328 e. The number of rotatable bonds is 11. The maximum absolute atomic E-state index is 14.2. The van der Waals surface area contributed by atoms with Gasteiger partial charge in [-0.3, -0.25) is 9.69 Å². The van der Waals surface area contributed by atoms with Crippen LogP contribution in [0.4, 0.5) is 0 Å². The Labute approximate surface area is 234 Å². The van der Waals surface area contributed by atoms with E-state index < -0.39 is 18.1 Å². The van der Waals surface area contributed by atoms with Crippen molar-refractivity contribution < 1.29 is 14.3 Å². The van der Waals surface area contributed by atoms with Gasteiger partial charge < -0.3 is 15.0 Å². The summed E-state index contributed by atoms with van der Waals surface area (Å²) in [5, 5.41) is 4.07. The van der Waals surface area contributed by atoms with Crippen LogP contribution in [-0.4, -0.2) is 34.9 Å². The molecule has 5 aromatic rings. The molecular formula is C34H33N3O3. The number of para-hydroxylation sites is 1. The highest BCUT2D eigenvalue weighted by Crippen LogP contribution is 2.27. The van der Waals surface area contributed by atoms with Gasteiger partial charge in [0.25, 0.3) is 0 Å². The van der Waals surface area contributed by atoms with Crippen LogP contribution < -0.4 is 5.32 Å². The van der Waals surface area contributed by atoms with Gasteiger partial charge in [-0.2, -0.15) is 0 Å². The van der Waals surface area contributed by atoms with E-state index in [1.165, 1.54) is 7.11 Å². The lowest BCUT2D eigenvalue weighted by Crippen LogP contribution is -2.48. The van der Waals surface area contributed by atoms with Crippen molar-refractivity contribution in [3.05, 3.63) is 144 Å². The number of aromatic amines is 1. The third-order valence-electron chi connectivity index (χ3n) is 7.09. The molecule has 0 saturated heterocycles. The van der Waals surface area contributed by atoms with E-state index in [9.17, 15) is 9.59 Å². The molecule has 1 heterocycles. The van der Waals surface area contributed by atoms with Crippen molar-refractivity contribution in [1.29, 1.82) is 0 Å². The Kier molecular flexibility index (Phi) is 8.69. The summed E-state index contributed by atoms with van der Waals surface area (Å²) in [4.78, 5) is 32.6. The van der Waals surface area contributed by atoms with Gasteiger partial charge in [0, 0.05) is 36.6 Å². The molecule has 6 nitrogen and oxygen atoms in total. The van der Waals surface area contributed by atoms with Gasteiger partial charge >= 0.3 is 5.97 Å². The number of aromatic nitrogens is 1. The van der Waals surface area contributed by atoms with Crippen molar-refractivity contribution >= 4 is 22.8 Å². The topological polar surface area (TPSA) is 74.4 Å². The number of benzene rings is 4. The monoisotopic (exact) mass is 531 g/mol. The number of nitrogens with one attached hydrogen (secondary N) is 2. The fourth-order valence-electron chi connectivity index (χ4n) is 5.14. The highest BCUT2D eigenvalue weighted by molar-refractivity contribution is 5.89. The average Bonchev–Trinajstić information content (AvgIpc) is 3.41. The molecule has 0 saturated carbocycles. The molecule has 0 spiro atoms. The van der Waals surface area contributed by atoms with Gasteiger partial charge in [-0.25, -0.2) is 4.79 Å². The van der Waals surface area contributed by atoms with Crippen LogP contribution in [0.25, 0.3) is 10.9 Å². The molecule has 2 atom stereocenters. The van der Waals surface area contributed by atoms with Crippen LogP contribution in [0.2, 0.25) is 0 Å². The zero-order valence-corrected chi connectivity index (χ0v) is 22.5. The van der Waals surface area contributed by atoms with Gasteiger partial charge in [-0.05, 0) is 28.3 Å². The van der Waals surface area contributed by atoms with E-state index in [0.29, 0.717) is 19.5 Å². The SMILES string of the molecule is COC(=O)[C@H](Cc1c[nH]c2ccccc12)NC(=O)[C@@H](c1ccccc1)N(Cc1ccccc1)Cc1ccccc1. The Morgan fingerprint density at radius 3 is 1.93 bits per heavy atom. The zero-order valence-electron chi connectivity index (χ0n) is 22.5. The lowest BCUT2D eigenvalue weighted by atomic mass is 10.00. The molecule has 0 fully saturated rings. The molecule has 0 aliphatic rings. The third-order valence-corrected chi connectivity index (χ3v) is 7.09. The van der Waals surface area contributed by atoms with Gasteiger partial charge in [0.05, 0.1) is 7.11 Å². The Hall–Kier alpha value is -4.68. The van der Waals surface area contributed by atoms with Gasteiger partial charge in [-0.15, -0.1) is 0 Å². The summed E-state index contributed by atoms with van der Waals surface area (Å²) in [6, 6.07) is 36.4. The predicted octanol–water partition coefficient (Wildman–Crippen LogP) is 5.81. The fraction of sp³-hybridized carbons (Fsp3) is 0.176. The molecule has 0 bridgehead atoms. The minimum atomic E-state index is -0.849. The quantitative estimate of drug-likeness (QED) is 0.211. The normalized spacial score (nSPS) is 12.7. The number of hydrogen-bond acceptors (Lipinski definition) is 4. The molecule has 0 aliphatic carbocycles. The Morgan fingerprint density at radius 2 is 1.32 bits per heavy atom. The molecule has 40 heavy (non-hydrogen) atoms. The van der Waals surface area contributed by atoms with E-state index >= 15 is 0 Å². The summed E-state index contributed by atoms with van der Waals surface area (Å²) in [6.07, 6.45) is 2.19. The highest BCUT2D eigenvalue weighted by atomic mass is 16.5. The Balaban J connectivity index is 1.48. The number of carbonyl (C=O) groups is 2. The summed E-state index contributed by atoms with van der Waals surface area (Å²) in [6.45, 7) is 1.10. The molecule has 5 rings (SSSR count). The van der Waals surface area contributed by atoms with Crippen molar-refractivity contribution in [3.8, 4) is 0 Å². The number of H-pyrrole nitrogens is 1. The fourth-order valence-corrected chi connectivity index (χ4v) is 5.14. The van der Waals surface area contributed by atoms with Crippen LogP contribution in [-0.2, 0) is 33.8 Å². The molecule has 1 amide bonds. The Morgan fingerprint density at radius 1 is 0.775 bits per heavy atom. The van der Waals surface area contributed by atoms with E-state index in [-0.39, 0.29) is 5.91 Å². The number of carbonyl (C=O) groups excluding carboxylic acids is 2. The number of fused-ring (bicyclic) bond motifs is 1. The summed E-state index contributed by atoms with van der Waals surface area (Å²) in [5.74, 6) is -0.739. The van der Waals surface area contributed by atoms with E-state index in [2.05, 4.69) is 39.5 Å². The number of hydrogen-bond donors (Lipinski definition) is 2. The van der Waals surface area contributed by atoms with E-state index in [1.807, 2.05) is 97.2 Å². The zero-order chi connectivity index (χ0) is 27.7. The van der Waals surface area contributed by atoms with Crippen LogP contribution in [0, 0.1) is 0 Å². The van der Waals surface area contributed by atoms with E-state index in [4.69, 9.17) is 4.74 Å². The molecule has 4 aromatic carbocycles. The van der Waals surface area contributed by atoms with Gasteiger partial charge in [0.15, 0.2) is 0 Å². The van der Waals surface area contributed by atoms with Gasteiger partial charge in [0.1, 0.15) is 12.1 Å². The first kappa shape index (κ1) is 26.9. The molecule has 6 heteroatoms. The van der Waals surface area contributed by atoms with Crippen molar-refractivity contribution in [3.63, 3.8) is 0 Å². The molecule has 0 radical (unpaired) electrons. The number of nitrogens with zero attached hydrogens (tertiary/aromatic N) is 1. The summed E-state index contributed by atoms with van der Waals surface area (Å²) < 4.78 is 5.13. The first-order valence-corrected chi connectivity index (χ1v) is 13.4. The van der Waals surface area contributed by atoms with Crippen molar-refractivity contribution in [2.45, 2.75) is 31.6 Å². The average molecular weight is 532 g/mol. The lowest BCUT2D eigenvalue weighted by Gasteiger charge is -2.32. The molecule has 2 N–H and O–H groups in total. The van der Waals surface area contributed by atoms with Crippen LogP contribution in [0.3, 0.4) is 0 Å². The molecule has 0 aliphatic heterocycles. The molecular weight excluding hydrogens is 498 g/mol. The second kappa shape index (κ2) is 12.9. The van der Waals surface area contributed by atoms with Crippen molar-refractivity contribution in [1.82, 2.24) is 15.2 Å². The molecule has 0 unspecified atom stereocenters. The number of esters is 1. The third kappa shape index (κ3) is 6.47. The van der Waals surface area contributed by atoms with E-state index in [0.717, 1.165) is 33.2 Å². The van der Waals surface area contributed by atoms with Crippen LogP contribution in [0.5, 0.6) is 0 Å². The van der Waals surface area contributed by atoms with Crippen LogP contribution >= 0.6 is 0 Å². The van der Waals surface area contributed by atoms with Gasteiger partial charge in [-0.1, -0.05) is 109 Å². The second-order valence-corrected chi connectivity index (χ2v) is 9.84. The molecule has 202 valence electrons. The first-order chi connectivity index (χ1) is 19.6. The summed E-state index contributed by atoms with van der Waals surface area (Å²) >= 11 is 0. The van der Waals surface area contributed by atoms with Crippen LogP contribution in [0.15, 0.2) is 121 Å². The maximum atomic E-state index is 14.2. The lowest BCUT2D eigenvalue weighted by molar-refractivity contribution is -0.146. The Bertz CT molecular complexity index is 1490.